The van der Waals surface area contributed by atoms with Gasteiger partial charge in [0.05, 0.1) is 6.42 Å². The van der Waals surface area contributed by atoms with E-state index in [0.29, 0.717) is 16.8 Å². The number of hydrogen-bond donors (Lipinski definition) is 2. The van der Waals surface area contributed by atoms with Gasteiger partial charge in [-0.15, -0.1) is 0 Å². The summed E-state index contributed by atoms with van der Waals surface area (Å²) in [4.78, 5) is 14.3. The molecule has 0 aliphatic carbocycles. The van der Waals surface area contributed by atoms with Gasteiger partial charge < -0.3 is 10.8 Å². The molecule has 0 saturated carbocycles. The van der Waals surface area contributed by atoms with Crippen molar-refractivity contribution >= 4 is 5.97 Å². The maximum Gasteiger partial charge on any atom is 0.307 e. The Morgan fingerprint density at radius 2 is 2.25 bits per heavy atom. The quantitative estimate of drug-likeness (QED) is 0.820. The molecule has 6 heteroatoms. The first-order valence-corrected chi connectivity index (χ1v) is 4.65. The van der Waals surface area contributed by atoms with E-state index in [1.54, 1.807) is 6.92 Å². The molecule has 0 atom stereocenters. The second kappa shape index (κ2) is 4.98. The number of carboxylic acid groups (broad SMARTS) is 1. The third-order valence-corrected chi connectivity index (χ3v) is 2.21. The highest BCUT2D eigenvalue weighted by atomic mass is 19.3. The predicted octanol–water partition coefficient (Wildman–Crippen LogP) is 1.41. The fraction of sp³-hybridized carbons (Fsp3) is 0.400. The molecule has 1 aromatic heterocycles. The number of aliphatic carboxylic acids is 1. The molecule has 0 fully saturated rings. The molecule has 0 unspecified atom stereocenters. The number of nitrogens with two attached hydrogens (primary N) is 1. The Kier molecular flexibility index (Phi) is 3.89. The van der Waals surface area contributed by atoms with E-state index >= 15 is 0 Å². The number of alkyl halides is 2. The molecular weight excluding hydrogens is 218 g/mol. The summed E-state index contributed by atoms with van der Waals surface area (Å²) < 4.78 is 24.9. The Hall–Kier alpha value is -1.56. The smallest absolute Gasteiger partial charge is 0.307 e. The first-order chi connectivity index (χ1) is 7.45. The predicted molar refractivity (Wildman–Crippen MR) is 53.2 cm³/mol. The van der Waals surface area contributed by atoms with Crippen molar-refractivity contribution in [1.29, 1.82) is 0 Å². The van der Waals surface area contributed by atoms with Gasteiger partial charge in [0.15, 0.2) is 0 Å². The molecule has 16 heavy (non-hydrogen) atoms. The molecule has 88 valence electrons. The minimum Gasteiger partial charge on any atom is -0.481 e. The summed E-state index contributed by atoms with van der Waals surface area (Å²) in [6.45, 7) is 1.63. The zero-order valence-electron chi connectivity index (χ0n) is 8.70. The van der Waals surface area contributed by atoms with E-state index in [2.05, 4.69) is 4.98 Å². The van der Waals surface area contributed by atoms with E-state index in [-0.39, 0.29) is 13.0 Å². The Balaban J connectivity index is 3.24. The summed E-state index contributed by atoms with van der Waals surface area (Å²) in [5.74, 6) is -1.08. The van der Waals surface area contributed by atoms with Crippen molar-refractivity contribution in [2.24, 2.45) is 5.73 Å². The zero-order chi connectivity index (χ0) is 12.3. The van der Waals surface area contributed by atoms with Crippen LogP contribution in [-0.4, -0.2) is 16.1 Å². The summed E-state index contributed by atoms with van der Waals surface area (Å²) in [5, 5.41) is 8.66. The molecule has 0 spiro atoms. The standard InChI is InChI=1S/C10H12F2N2O2/c1-5-7(4-13)6(3-9(15)16)2-8(14-5)10(11)12/h2,10H,3-4,13H2,1H3,(H,15,16). The minimum absolute atomic E-state index is 0.0883. The first kappa shape index (κ1) is 12.5. The second-order valence-electron chi connectivity index (χ2n) is 3.35. The number of carboxylic acids is 1. The lowest BCUT2D eigenvalue weighted by atomic mass is 10.0. The molecule has 0 aliphatic heterocycles. The topological polar surface area (TPSA) is 76.2 Å². The molecule has 3 N–H and O–H groups in total. The van der Waals surface area contributed by atoms with Gasteiger partial charge >= 0.3 is 5.97 Å². The van der Waals surface area contributed by atoms with Crippen molar-refractivity contribution < 1.29 is 18.7 Å². The van der Waals surface area contributed by atoms with E-state index in [1.165, 1.54) is 0 Å². The summed E-state index contributed by atoms with van der Waals surface area (Å²) in [6, 6.07) is 1.11. The van der Waals surface area contributed by atoms with Crippen molar-refractivity contribution in [3.8, 4) is 0 Å². The van der Waals surface area contributed by atoms with Crippen LogP contribution in [0.25, 0.3) is 0 Å². The van der Waals surface area contributed by atoms with Crippen LogP contribution >= 0.6 is 0 Å². The van der Waals surface area contributed by atoms with Crippen LogP contribution in [0.1, 0.15) is 28.9 Å². The number of aryl methyl sites for hydroxylation is 1. The minimum atomic E-state index is -2.71. The van der Waals surface area contributed by atoms with Gasteiger partial charge in [-0.05, 0) is 24.1 Å². The van der Waals surface area contributed by atoms with Crippen molar-refractivity contribution in [1.82, 2.24) is 4.98 Å². The lowest BCUT2D eigenvalue weighted by Gasteiger charge is -2.11. The van der Waals surface area contributed by atoms with Crippen molar-refractivity contribution in [3.63, 3.8) is 0 Å². The van der Waals surface area contributed by atoms with E-state index in [9.17, 15) is 13.6 Å². The van der Waals surface area contributed by atoms with E-state index in [0.717, 1.165) is 6.07 Å². The molecule has 1 heterocycles. The average Bonchev–Trinajstić information content (AvgIpc) is 2.16. The summed E-state index contributed by atoms with van der Waals surface area (Å²) in [6.07, 6.45) is -3.03. The zero-order valence-corrected chi connectivity index (χ0v) is 8.70. The normalized spacial score (nSPS) is 10.8. The van der Waals surface area contributed by atoms with Gasteiger partial charge in [-0.25, -0.2) is 8.78 Å². The number of hydrogen-bond acceptors (Lipinski definition) is 3. The van der Waals surface area contributed by atoms with Gasteiger partial charge in [0, 0.05) is 12.2 Å². The monoisotopic (exact) mass is 230 g/mol. The average molecular weight is 230 g/mol. The Bertz CT molecular complexity index is 408. The van der Waals surface area contributed by atoms with Gasteiger partial charge in [0.25, 0.3) is 6.43 Å². The molecule has 0 amide bonds. The largest absolute Gasteiger partial charge is 0.481 e. The van der Waals surface area contributed by atoms with Gasteiger partial charge in [-0.2, -0.15) is 0 Å². The highest BCUT2D eigenvalue weighted by Gasteiger charge is 2.16. The molecule has 4 nitrogen and oxygen atoms in total. The second-order valence-corrected chi connectivity index (χ2v) is 3.35. The Morgan fingerprint density at radius 3 is 2.69 bits per heavy atom. The molecule has 0 bridgehead atoms. The molecule has 1 rings (SSSR count). The van der Waals surface area contributed by atoms with Crippen LogP contribution < -0.4 is 5.73 Å². The third-order valence-electron chi connectivity index (χ3n) is 2.21. The number of pyridine rings is 1. The molecular formula is C10H12F2N2O2. The van der Waals surface area contributed by atoms with Crippen LogP contribution in [0.4, 0.5) is 8.78 Å². The number of rotatable bonds is 4. The molecule has 0 aromatic carbocycles. The van der Waals surface area contributed by atoms with Crippen LogP contribution in [0.15, 0.2) is 6.07 Å². The van der Waals surface area contributed by atoms with Crippen molar-refractivity contribution in [2.45, 2.75) is 26.3 Å². The fourth-order valence-electron chi connectivity index (χ4n) is 1.50. The van der Waals surface area contributed by atoms with Gasteiger partial charge in [0.2, 0.25) is 0 Å². The summed E-state index contributed by atoms with van der Waals surface area (Å²) >= 11 is 0. The fourth-order valence-corrected chi connectivity index (χ4v) is 1.50. The molecule has 0 aliphatic rings. The van der Waals surface area contributed by atoms with Gasteiger partial charge in [0.1, 0.15) is 5.69 Å². The lowest BCUT2D eigenvalue weighted by Crippen LogP contribution is -2.11. The molecule has 1 aromatic rings. The summed E-state index contributed by atoms with van der Waals surface area (Å²) in [5.41, 5.74) is 6.20. The SMILES string of the molecule is Cc1nc(C(F)F)cc(CC(=O)O)c1CN. The Labute approximate surface area is 91.1 Å². The van der Waals surface area contributed by atoms with E-state index in [4.69, 9.17) is 10.8 Å². The van der Waals surface area contributed by atoms with Crippen molar-refractivity contribution in [3.05, 3.63) is 28.6 Å². The third kappa shape index (κ3) is 2.73. The number of halogens is 2. The van der Waals surface area contributed by atoms with Gasteiger partial charge in [-0.1, -0.05) is 0 Å². The number of nitrogens with zero attached hydrogens (tertiary/aromatic N) is 1. The van der Waals surface area contributed by atoms with Gasteiger partial charge in [-0.3, -0.25) is 9.78 Å². The molecule has 0 saturated heterocycles. The number of carbonyl (C=O) groups is 1. The summed E-state index contributed by atoms with van der Waals surface area (Å²) in [7, 11) is 0. The van der Waals surface area contributed by atoms with E-state index < -0.39 is 18.1 Å². The van der Waals surface area contributed by atoms with Crippen LogP contribution in [-0.2, 0) is 17.8 Å². The maximum atomic E-state index is 12.5. The van der Waals surface area contributed by atoms with Crippen LogP contribution in [0.5, 0.6) is 0 Å². The molecule has 0 radical (unpaired) electrons. The first-order valence-electron chi connectivity index (χ1n) is 4.65. The lowest BCUT2D eigenvalue weighted by molar-refractivity contribution is -0.136. The maximum absolute atomic E-state index is 12.5. The van der Waals surface area contributed by atoms with Crippen LogP contribution in [0.2, 0.25) is 0 Å². The van der Waals surface area contributed by atoms with Crippen LogP contribution in [0, 0.1) is 6.92 Å². The van der Waals surface area contributed by atoms with Crippen molar-refractivity contribution in [2.75, 3.05) is 0 Å². The van der Waals surface area contributed by atoms with E-state index in [1.807, 2.05) is 0 Å². The highest BCUT2D eigenvalue weighted by molar-refractivity contribution is 5.71. The highest BCUT2D eigenvalue weighted by Crippen LogP contribution is 2.22. The van der Waals surface area contributed by atoms with Crippen LogP contribution in [0.3, 0.4) is 0 Å². The Morgan fingerprint density at radius 1 is 1.62 bits per heavy atom. The number of aromatic nitrogens is 1.